The number of hydrogen-bond acceptors (Lipinski definition) is 1. The first-order valence-corrected chi connectivity index (χ1v) is 5.15. The van der Waals surface area contributed by atoms with Gasteiger partial charge >= 0.3 is 0 Å². The SMILES string of the molecule is OC(c1cc[nH]c1)C1CC2CC2C1. The standard InChI is InChI=1S/C11H15NO/c13-11(7-1-2-12-6-7)10-4-8-3-9(8)5-10/h1-2,6,8-13H,3-5H2. The fourth-order valence-electron chi connectivity index (χ4n) is 2.81. The summed E-state index contributed by atoms with van der Waals surface area (Å²) in [7, 11) is 0. The maximum Gasteiger partial charge on any atom is 0.0832 e. The van der Waals surface area contributed by atoms with Crippen LogP contribution in [0.5, 0.6) is 0 Å². The quantitative estimate of drug-likeness (QED) is 0.713. The van der Waals surface area contributed by atoms with E-state index in [0.29, 0.717) is 5.92 Å². The summed E-state index contributed by atoms with van der Waals surface area (Å²) >= 11 is 0. The molecule has 1 aromatic heterocycles. The molecule has 0 bridgehead atoms. The molecule has 0 aromatic carbocycles. The highest BCUT2D eigenvalue weighted by Crippen LogP contribution is 2.57. The molecule has 0 aliphatic heterocycles. The van der Waals surface area contributed by atoms with Gasteiger partial charge < -0.3 is 10.1 Å². The summed E-state index contributed by atoms with van der Waals surface area (Å²) in [6, 6.07) is 1.98. The molecule has 2 heteroatoms. The van der Waals surface area contributed by atoms with Crippen molar-refractivity contribution in [2.24, 2.45) is 17.8 Å². The minimum absolute atomic E-state index is 0.223. The molecule has 13 heavy (non-hydrogen) atoms. The van der Waals surface area contributed by atoms with Crippen LogP contribution in [0, 0.1) is 17.8 Å². The van der Waals surface area contributed by atoms with Crippen molar-refractivity contribution < 1.29 is 5.11 Å². The Hall–Kier alpha value is -0.760. The number of aliphatic hydroxyl groups is 1. The molecule has 3 rings (SSSR count). The number of aliphatic hydroxyl groups excluding tert-OH is 1. The summed E-state index contributed by atoms with van der Waals surface area (Å²) in [6.45, 7) is 0. The van der Waals surface area contributed by atoms with Gasteiger partial charge in [-0.05, 0) is 48.6 Å². The lowest BCUT2D eigenvalue weighted by Crippen LogP contribution is -2.09. The van der Waals surface area contributed by atoms with Crippen LogP contribution in [0.2, 0.25) is 0 Å². The van der Waals surface area contributed by atoms with Crippen LogP contribution in [0.1, 0.15) is 30.9 Å². The first-order valence-electron chi connectivity index (χ1n) is 5.15. The van der Waals surface area contributed by atoms with Gasteiger partial charge in [0.25, 0.3) is 0 Å². The van der Waals surface area contributed by atoms with Crippen molar-refractivity contribution in [3.05, 3.63) is 24.0 Å². The first kappa shape index (κ1) is 7.63. The summed E-state index contributed by atoms with van der Waals surface area (Å²) in [5, 5.41) is 10.0. The van der Waals surface area contributed by atoms with Crippen molar-refractivity contribution in [1.29, 1.82) is 0 Å². The summed E-state index contributed by atoms with van der Waals surface area (Å²) in [4.78, 5) is 3.00. The molecule has 0 amide bonds. The molecule has 3 atom stereocenters. The van der Waals surface area contributed by atoms with E-state index >= 15 is 0 Å². The lowest BCUT2D eigenvalue weighted by molar-refractivity contribution is 0.104. The Kier molecular flexibility index (Phi) is 1.53. The number of fused-ring (bicyclic) bond motifs is 1. The Labute approximate surface area is 78.0 Å². The van der Waals surface area contributed by atoms with E-state index in [1.165, 1.54) is 19.3 Å². The van der Waals surface area contributed by atoms with Gasteiger partial charge in [0.15, 0.2) is 0 Å². The van der Waals surface area contributed by atoms with Gasteiger partial charge in [0.05, 0.1) is 6.10 Å². The van der Waals surface area contributed by atoms with Crippen LogP contribution < -0.4 is 0 Å². The van der Waals surface area contributed by atoms with Crippen molar-refractivity contribution in [2.75, 3.05) is 0 Å². The second-order valence-corrected chi connectivity index (χ2v) is 4.58. The fraction of sp³-hybridized carbons (Fsp3) is 0.636. The van der Waals surface area contributed by atoms with Crippen LogP contribution in [0.15, 0.2) is 18.5 Å². The zero-order valence-corrected chi connectivity index (χ0v) is 7.61. The lowest BCUT2D eigenvalue weighted by Gasteiger charge is -2.18. The van der Waals surface area contributed by atoms with Gasteiger partial charge in [-0.2, -0.15) is 0 Å². The van der Waals surface area contributed by atoms with E-state index in [1.807, 2.05) is 18.5 Å². The Balaban J connectivity index is 1.72. The molecule has 2 aliphatic rings. The monoisotopic (exact) mass is 177 g/mol. The fourth-order valence-corrected chi connectivity index (χ4v) is 2.81. The number of rotatable bonds is 2. The molecule has 2 nitrogen and oxygen atoms in total. The van der Waals surface area contributed by atoms with Crippen LogP contribution in [0.25, 0.3) is 0 Å². The minimum atomic E-state index is -0.223. The molecule has 70 valence electrons. The Morgan fingerprint density at radius 3 is 2.69 bits per heavy atom. The zero-order chi connectivity index (χ0) is 8.84. The molecule has 0 saturated heterocycles. The molecular weight excluding hydrogens is 162 g/mol. The Bertz CT molecular complexity index is 283. The van der Waals surface area contributed by atoms with E-state index in [2.05, 4.69) is 4.98 Å². The van der Waals surface area contributed by atoms with Gasteiger partial charge in [0, 0.05) is 12.4 Å². The number of hydrogen-bond donors (Lipinski definition) is 2. The minimum Gasteiger partial charge on any atom is -0.388 e. The smallest absolute Gasteiger partial charge is 0.0832 e. The number of nitrogens with one attached hydrogen (secondary N) is 1. The first-order chi connectivity index (χ1) is 6.34. The van der Waals surface area contributed by atoms with Gasteiger partial charge in [-0.25, -0.2) is 0 Å². The molecule has 2 saturated carbocycles. The number of aromatic nitrogens is 1. The molecule has 0 radical (unpaired) electrons. The maximum absolute atomic E-state index is 10.0. The molecule has 1 heterocycles. The topological polar surface area (TPSA) is 36.0 Å². The molecule has 2 aliphatic carbocycles. The van der Waals surface area contributed by atoms with Crippen molar-refractivity contribution in [2.45, 2.75) is 25.4 Å². The van der Waals surface area contributed by atoms with E-state index in [4.69, 9.17) is 0 Å². The van der Waals surface area contributed by atoms with Crippen LogP contribution in [-0.2, 0) is 0 Å². The predicted molar refractivity (Wildman–Crippen MR) is 50.1 cm³/mol. The molecule has 2 fully saturated rings. The van der Waals surface area contributed by atoms with Gasteiger partial charge in [-0.3, -0.25) is 0 Å². The van der Waals surface area contributed by atoms with Crippen LogP contribution >= 0.6 is 0 Å². The van der Waals surface area contributed by atoms with Gasteiger partial charge in [0.2, 0.25) is 0 Å². The highest BCUT2D eigenvalue weighted by Gasteiger charge is 2.47. The molecule has 0 spiro atoms. The molecule has 3 unspecified atom stereocenters. The van der Waals surface area contributed by atoms with Crippen molar-refractivity contribution >= 4 is 0 Å². The maximum atomic E-state index is 10.0. The van der Waals surface area contributed by atoms with E-state index < -0.39 is 0 Å². The average Bonchev–Trinajstić information content (AvgIpc) is 2.63. The highest BCUT2D eigenvalue weighted by molar-refractivity contribution is 5.14. The van der Waals surface area contributed by atoms with E-state index in [9.17, 15) is 5.11 Å². The summed E-state index contributed by atoms with van der Waals surface area (Å²) in [6.07, 6.45) is 7.49. The van der Waals surface area contributed by atoms with Gasteiger partial charge in [0.1, 0.15) is 0 Å². The zero-order valence-electron chi connectivity index (χ0n) is 7.61. The molecule has 2 N–H and O–H groups in total. The van der Waals surface area contributed by atoms with Crippen molar-refractivity contribution in [3.8, 4) is 0 Å². The highest BCUT2D eigenvalue weighted by atomic mass is 16.3. The third-order valence-corrected chi connectivity index (χ3v) is 3.69. The Morgan fingerprint density at radius 2 is 2.08 bits per heavy atom. The van der Waals surface area contributed by atoms with Crippen molar-refractivity contribution in [3.63, 3.8) is 0 Å². The van der Waals surface area contributed by atoms with E-state index in [1.54, 1.807) is 0 Å². The normalized spacial score (nSPS) is 38.7. The van der Waals surface area contributed by atoms with Gasteiger partial charge in [-0.1, -0.05) is 0 Å². The summed E-state index contributed by atoms with van der Waals surface area (Å²) in [5.41, 5.74) is 1.06. The van der Waals surface area contributed by atoms with Crippen LogP contribution in [0.3, 0.4) is 0 Å². The Morgan fingerprint density at radius 1 is 1.31 bits per heavy atom. The average molecular weight is 177 g/mol. The molecular formula is C11H15NO. The lowest BCUT2D eigenvalue weighted by atomic mass is 9.93. The van der Waals surface area contributed by atoms with Crippen LogP contribution in [0.4, 0.5) is 0 Å². The number of aromatic amines is 1. The summed E-state index contributed by atoms with van der Waals surface area (Å²) < 4.78 is 0. The second-order valence-electron chi connectivity index (χ2n) is 4.58. The summed E-state index contributed by atoms with van der Waals surface area (Å²) in [5.74, 6) is 2.44. The number of H-pyrrole nitrogens is 1. The van der Waals surface area contributed by atoms with E-state index in [-0.39, 0.29) is 6.10 Å². The molecule has 1 aromatic rings. The third kappa shape index (κ3) is 1.20. The third-order valence-electron chi connectivity index (χ3n) is 3.69. The van der Waals surface area contributed by atoms with Crippen molar-refractivity contribution in [1.82, 2.24) is 4.98 Å². The largest absolute Gasteiger partial charge is 0.388 e. The van der Waals surface area contributed by atoms with Gasteiger partial charge in [-0.15, -0.1) is 0 Å². The van der Waals surface area contributed by atoms with Crippen LogP contribution in [-0.4, -0.2) is 10.1 Å². The predicted octanol–water partition coefficient (Wildman–Crippen LogP) is 2.09. The van der Waals surface area contributed by atoms with E-state index in [0.717, 1.165) is 17.4 Å². The second kappa shape index (κ2) is 2.61.